The lowest BCUT2D eigenvalue weighted by molar-refractivity contribution is 0.103. The Bertz CT molecular complexity index is 888. The molecule has 1 N–H and O–H groups in total. The van der Waals surface area contributed by atoms with Crippen LogP contribution in [0.25, 0.3) is 0 Å². The molecule has 24 heavy (non-hydrogen) atoms. The van der Waals surface area contributed by atoms with Gasteiger partial charge in [0.05, 0.1) is 5.02 Å². The summed E-state index contributed by atoms with van der Waals surface area (Å²) < 4.78 is 0. The van der Waals surface area contributed by atoms with E-state index in [1.807, 2.05) is 61.5 Å². The summed E-state index contributed by atoms with van der Waals surface area (Å²) in [5, 5.41) is 4.33. The molecule has 0 unspecified atom stereocenters. The van der Waals surface area contributed by atoms with Gasteiger partial charge in [0, 0.05) is 27.5 Å². The van der Waals surface area contributed by atoms with Crippen molar-refractivity contribution in [3.8, 4) is 0 Å². The molecule has 0 aliphatic rings. The molecule has 2 nitrogen and oxygen atoms in total. The van der Waals surface area contributed by atoms with Crippen molar-refractivity contribution in [1.29, 1.82) is 0 Å². The van der Waals surface area contributed by atoms with Gasteiger partial charge in [-0.1, -0.05) is 47.5 Å². The largest absolute Gasteiger partial charge is 0.355 e. The summed E-state index contributed by atoms with van der Waals surface area (Å²) in [6, 6.07) is 20.2. The average Bonchev–Trinajstić information content (AvgIpc) is 2.57. The number of carbonyl (C=O) groups is 1. The number of ketones is 1. The maximum absolute atomic E-state index is 12.7. The predicted octanol–water partition coefficient (Wildman–Crippen LogP) is 6.28. The van der Waals surface area contributed by atoms with Gasteiger partial charge in [0.15, 0.2) is 5.78 Å². The van der Waals surface area contributed by atoms with Crippen molar-refractivity contribution in [2.24, 2.45) is 0 Å². The lowest BCUT2D eigenvalue weighted by Gasteiger charge is -2.10. The number of aryl methyl sites for hydroxylation is 1. The third-order valence-electron chi connectivity index (χ3n) is 3.74. The first-order valence-corrected chi connectivity index (χ1v) is 8.22. The number of halogens is 2. The Morgan fingerprint density at radius 1 is 0.833 bits per heavy atom. The van der Waals surface area contributed by atoms with Gasteiger partial charge in [-0.15, -0.1) is 0 Å². The van der Waals surface area contributed by atoms with E-state index in [1.165, 1.54) is 0 Å². The van der Waals surface area contributed by atoms with Crippen LogP contribution < -0.4 is 5.32 Å². The van der Waals surface area contributed by atoms with Crippen LogP contribution in [0.2, 0.25) is 10.0 Å². The highest BCUT2D eigenvalue weighted by Crippen LogP contribution is 2.27. The third kappa shape index (κ3) is 3.61. The molecule has 4 heteroatoms. The second kappa shape index (κ2) is 7.08. The predicted molar refractivity (Wildman–Crippen MR) is 101 cm³/mol. The molecule has 120 valence electrons. The zero-order valence-electron chi connectivity index (χ0n) is 13.0. The van der Waals surface area contributed by atoms with E-state index in [1.54, 1.807) is 12.1 Å². The summed E-state index contributed by atoms with van der Waals surface area (Å²) in [6.07, 6.45) is 0. The molecule has 3 rings (SSSR count). The smallest absolute Gasteiger partial charge is 0.194 e. The van der Waals surface area contributed by atoms with Crippen molar-refractivity contribution < 1.29 is 4.79 Å². The molecule has 0 aromatic heterocycles. The van der Waals surface area contributed by atoms with Crippen molar-refractivity contribution in [2.45, 2.75) is 6.92 Å². The Kier molecular flexibility index (Phi) is 4.89. The monoisotopic (exact) mass is 355 g/mol. The first kappa shape index (κ1) is 16.6. The van der Waals surface area contributed by atoms with Crippen LogP contribution in [0.3, 0.4) is 0 Å². The molecule has 0 saturated carbocycles. The van der Waals surface area contributed by atoms with Crippen molar-refractivity contribution >= 4 is 40.4 Å². The van der Waals surface area contributed by atoms with E-state index in [2.05, 4.69) is 5.32 Å². The Labute approximate surface area is 151 Å². The number of hydrogen-bond donors (Lipinski definition) is 1. The first-order valence-electron chi connectivity index (χ1n) is 7.47. The van der Waals surface area contributed by atoms with Gasteiger partial charge >= 0.3 is 0 Å². The van der Waals surface area contributed by atoms with Crippen LogP contribution in [0, 0.1) is 6.92 Å². The summed E-state index contributed by atoms with van der Waals surface area (Å²) in [5.74, 6) is -0.0730. The van der Waals surface area contributed by atoms with Crippen LogP contribution in [-0.2, 0) is 0 Å². The van der Waals surface area contributed by atoms with Gasteiger partial charge in [-0.2, -0.15) is 0 Å². The minimum atomic E-state index is -0.0730. The molecule has 0 aliphatic heterocycles. The van der Waals surface area contributed by atoms with Crippen LogP contribution in [0.4, 0.5) is 11.4 Å². The maximum atomic E-state index is 12.7. The standard InChI is InChI=1S/C20H15Cl2NO/c1-13-4-2-3-5-17(13)20(24)18-11-10-16(12-19(18)22)23-15-8-6-14(21)7-9-15/h2-12,23H,1H3. The summed E-state index contributed by atoms with van der Waals surface area (Å²) in [4.78, 5) is 12.7. The molecule has 0 radical (unpaired) electrons. The van der Waals surface area contributed by atoms with Gasteiger partial charge in [-0.25, -0.2) is 0 Å². The highest BCUT2D eigenvalue weighted by Gasteiger charge is 2.15. The molecule has 0 saturated heterocycles. The van der Waals surface area contributed by atoms with Gasteiger partial charge in [-0.3, -0.25) is 4.79 Å². The highest BCUT2D eigenvalue weighted by atomic mass is 35.5. The SMILES string of the molecule is Cc1ccccc1C(=O)c1ccc(Nc2ccc(Cl)cc2)cc1Cl. The zero-order chi connectivity index (χ0) is 17.1. The topological polar surface area (TPSA) is 29.1 Å². The van der Waals surface area contributed by atoms with Crippen LogP contribution in [-0.4, -0.2) is 5.78 Å². The average molecular weight is 356 g/mol. The Balaban J connectivity index is 1.86. The van der Waals surface area contributed by atoms with E-state index in [4.69, 9.17) is 23.2 Å². The van der Waals surface area contributed by atoms with Crippen molar-refractivity contribution in [2.75, 3.05) is 5.32 Å². The van der Waals surface area contributed by atoms with E-state index in [9.17, 15) is 4.79 Å². The molecule has 0 spiro atoms. The zero-order valence-corrected chi connectivity index (χ0v) is 14.5. The normalized spacial score (nSPS) is 10.5. The molecular weight excluding hydrogens is 341 g/mol. The van der Waals surface area contributed by atoms with Gasteiger partial charge in [0.1, 0.15) is 0 Å². The van der Waals surface area contributed by atoms with Crippen LogP contribution in [0.1, 0.15) is 21.5 Å². The van der Waals surface area contributed by atoms with E-state index >= 15 is 0 Å². The second-order valence-corrected chi connectivity index (χ2v) is 6.31. The number of anilines is 2. The summed E-state index contributed by atoms with van der Waals surface area (Å²) in [5.41, 5.74) is 3.80. The molecule has 0 fully saturated rings. The van der Waals surface area contributed by atoms with Gasteiger partial charge in [-0.05, 0) is 55.0 Å². The second-order valence-electron chi connectivity index (χ2n) is 5.47. The van der Waals surface area contributed by atoms with Crippen LogP contribution in [0.15, 0.2) is 66.7 Å². The van der Waals surface area contributed by atoms with Crippen LogP contribution in [0.5, 0.6) is 0 Å². The molecule has 0 amide bonds. The van der Waals surface area contributed by atoms with E-state index in [0.717, 1.165) is 16.9 Å². The fourth-order valence-electron chi connectivity index (χ4n) is 2.45. The third-order valence-corrected chi connectivity index (χ3v) is 4.30. The van der Waals surface area contributed by atoms with E-state index in [0.29, 0.717) is 21.2 Å². The number of benzene rings is 3. The number of nitrogens with one attached hydrogen (secondary N) is 1. The van der Waals surface area contributed by atoms with Crippen LogP contribution >= 0.6 is 23.2 Å². The van der Waals surface area contributed by atoms with E-state index < -0.39 is 0 Å². The molecule has 0 aliphatic carbocycles. The summed E-state index contributed by atoms with van der Waals surface area (Å²) in [6.45, 7) is 1.91. The summed E-state index contributed by atoms with van der Waals surface area (Å²) >= 11 is 12.2. The maximum Gasteiger partial charge on any atom is 0.194 e. The Morgan fingerprint density at radius 3 is 2.17 bits per heavy atom. The number of hydrogen-bond acceptors (Lipinski definition) is 2. The van der Waals surface area contributed by atoms with E-state index in [-0.39, 0.29) is 5.78 Å². The minimum Gasteiger partial charge on any atom is -0.355 e. The fraction of sp³-hybridized carbons (Fsp3) is 0.0500. The first-order chi connectivity index (χ1) is 11.5. The van der Waals surface area contributed by atoms with Gasteiger partial charge in [0.2, 0.25) is 0 Å². The molecule has 3 aromatic carbocycles. The molecule has 0 bridgehead atoms. The Morgan fingerprint density at radius 2 is 1.50 bits per heavy atom. The lowest BCUT2D eigenvalue weighted by atomic mass is 9.99. The quantitative estimate of drug-likeness (QED) is 0.558. The van der Waals surface area contributed by atoms with Gasteiger partial charge < -0.3 is 5.32 Å². The number of rotatable bonds is 4. The van der Waals surface area contributed by atoms with Crippen molar-refractivity contribution in [3.05, 3.63) is 93.5 Å². The Hall–Kier alpha value is -2.29. The highest BCUT2D eigenvalue weighted by molar-refractivity contribution is 6.35. The molecule has 3 aromatic rings. The van der Waals surface area contributed by atoms with Crippen molar-refractivity contribution in [1.82, 2.24) is 0 Å². The fourth-order valence-corrected chi connectivity index (χ4v) is 2.84. The number of carbonyl (C=O) groups excluding carboxylic acids is 1. The molecule has 0 heterocycles. The lowest BCUT2D eigenvalue weighted by Crippen LogP contribution is -2.04. The van der Waals surface area contributed by atoms with Gasteiger partial charge in [0.25, 0.3) is 0 Å². The minimum absolute atomic E-state index is 0.0730. The molecular formula is C20H15Cl2NO. The summed E-state index contributed by atoms with van der Waals surface area (Å²) in [7, 11) is 0. The van der Waals surface area contributed by atoms with Crippen molar-refractivity contribution in [3.63, 3.8) is 0 Å². The molecule has 0 atom stereocenters.